The number of aromatic nitrogens is 3. The van der Waals surface area contributed by atoms with Crippen molar-refractivity contribution in [3.63, 3.8) is 0 Å². The van der Waals surface area contributed by atoms with E-state index in [1.165, 1.54) is 23.8 Å². The van der Waals surface area contributed by atoms with E-state index in [1.54, 1.807) is 23.9 Å². The number of phenols is 1. The normalized spacial score (nSPS) is 13.7. The molecule has 0 bridgehead atoms. The van der Waals surface area contributed by atoms with Gasteiger partial charge in [0, 0.05) is 16.5 Å². The molecule has 9 heteroatoms. The molecule has 1 aliphatic rings. The highest BCUT2D eigenvalue weighted by Gasteiger charge is 2.29. The fraction of sp³-hybridized carbons (Fsp3) is 0.240. The monoisotopic (exact) mass is 477 g/mol. The highest BCUT2D eigenvalue weighted by atomic mass is 32.1. The number of thiophene rings is 1. The first-order valence-electron chi connectivity index (χ1n) is 10.9. The van der Waals surface area contributed by atoms with Gasteiger partial charge in [0.25, 0.3) is 5.56 Å². The van der Waals surface area contributed by atoms with Gasteiger partial charge in [0.05, 0.1) is 29.9 Å². The molecule has 2 aromatic carbocycles. The second kappa shape index (κ2) is 7.95. The van der Waals surface area contributed by atoms with E-state index in [-0.39, 0.29) is 23.4 Å². The van der Waals surface area contributed by atoms with Crippen LogP contribution in [-0.2, 0) is 13.2 Å². The van der Waals surface area contributed by atoms with Crippen LogP contribution < -0.4 is 10.3 Å². The van der Waals surface area contributed by atoms with Crippen molar-refractivity contribution in [1.29, 1.82) is 0 Å². The Morgan fingerprint density at radius 2 is 2.15 bits per heavy atom. The zero-order valence-corrected chi connectivity index (χ0v) is 19.1. The van der Waals surface area contributed by atoms with Crippen LogP contribution in [0.4, 0.5) is 4.39 Å². The number of aromatic hydroxyl groups is 1. The Balaban J connectivity index is 1.67. The summed E-state index contributed by atoms with van der Waals surface area (Å²) in [7, 11) is 1.63. The molecule has 34 heavy (non-hydrogen) atoms. The Hall–Kier alpha value is -3.72. The third-order valence-corrected chi connectivity index (χ3v) is 7.38. The van der Waals surface area contributed by atoms with Crippen LogP contribution in [0.5, 0.6) is 11.5 Å². The summed E-state index contributed by atoms with van der Waals surface area (Å²) in [6.45, 7) is -0.639. The van der Waals surface area contributed by atoms with Crippen LogP contribution in [0.1, 0.15) is 35.6 Å². The average Bonchev–Trinajstić information content (AvgIpc) is 3.44. The SMILES string of the molecule is COc1ccc(-c2nc3sc4c(O)c(CF)ccc4c3c(=O)n2Cc2cnco2)c(C2CC2)c1. The zero-order chi connectivity index (χ0) is 23.4. The number of oxazole rings is 1. The molecule has 3 heterocycles. The van der Waals surface area contributed by atoms with E-state index in [1.807, 2.05) is 18.2 Å². The summed E-state index contributed by atoms with van der Waals surface area (Å²) < 4.78 is 26.3. The second-order valence-corrected chi connectivity index (χ2v) is 9.39. The number of phenolic OH excluding ortho intramolecular Hbond substituents is 1. The van der Waals surface area contributed by atoms with Gasteiger partial charge in [-0.15, -0.1) is 11.3 Å². The smallest absolute Gasteiger partial charge is 0.263 e. The minimum atomic E-state index is -0.791. The van der Waals surface area contributed by atoms with Crippen LogP contribution >= 0.6 is 11.3 Å². The molecule has 0 aliphatic heterocycles. The van der Waals surface area contributed by atoms with Gasteiger partial charge < -0.3 is 14.3 Å². The fourth-order valence-electron chi connectivity index (χ4n) is 4.39. The lowest BCUT2D eigenvalue weighted by Crippen LogP contribution is -2.24. The maximum atomic E-state index is 13.9. The molecule has 6 rings (SSSR count). The van der Waals surface area contributed by atoms with Crippen molar-refractivity contribution in [2.24, 2.45) is 0 Å². The first kappa shape index (κ1) is 20.9. The molecule has 7 nitrogen and oxygen atoms in total. The van der Waals surface area contributed by atoms with Crippen LogP contribution in [0.2, 0.25) is 0 Å². The zero-order valence-electron chi connectivity index (χ0n) is 18.2. The van der Waals surface area contributed by atoms with Crippen molar-refractivity contribution in [2.75, 3.05) is 7.11 Å². The first-order chi connectivity index (χ1) is 16.6. The summed E-state index contributed by atoms with van der Waals surface area (Å²) in [4.78, 5) is 23.3. The first-order valence-corrected chi connectivity index (χ1v) is 11.7. The van der Waals surface area contributed by atoms with Crippen molar-refractivity contribution in [3.8, 4) is 22.9 Å². The van der Waals surface area contributed by atoms with Crippen molar-refractivity contribution in [1.82, 2.24) is 14.5 Å². The predicted molar refractivity (Wildman–Crippen MR) is 127 cm³/mol. The molecular weight excluding hydrogens is 457 g/mol. The lowest BCUT2D eigenvalue weighted by Gasteiger charge is -2.15. The topological polar surface area (TPSA) is 90.4 Å². The quantitative estimate of drug-likeness (QED) is 0.353. The molecule has 0 saturated heterocycles. The number of nitrogens with zero attached hydrogens (tertiary/aromatic N) is 3. The molecule has 0 unspecified atom stereocenters. The molecule has 5 aromatic rings. The summed E-state index contributed by atoms with van der Waals surface area (Å²) in [5, 5.41) is 11.5. The van der Waals surface area contributed by atoms with E-state index in [9.17, 15) is 14.3 Å². The van der Waals surface area contributed by atoms with E-state index in [0.717, 1.165) is 29.7 Å². The van der Waals surface area contributed by atoms with Gasteiger partial charge in [-0.25, -0.2) is 14.4 Å². The van der Waals surface area contributed by atoms with Gasteiger partial charge in [-0.3, -0.25) is 9.36 Å². The number of methoxy groups -OCH3 is 1. The molecule has 1 N–H and O–H groups in total. The lowest BCUT2D eigenvalue weighted by molar-refractivity contribution is 0.414. The third-order valence-electron chi connectivity index (χ3n) is 6.28. The summed E-state index contributed by atoms with van der Waals surface area (Å²) in [5.74, 6) is 2.02. The van der Waals surface area contributed by atoms with Gasteiger partial charge in [0.1, 0.15) is 34.6 Å². The molecule has 0 radical (unpaired) electrons. The second-order valence-electron chi connectivity index (χ2n) is 8.39. The maximum absolute atomic E-state index is 13.9. The van der Waals surface area contributed by atoms with E-state index >= 15 is 0 Å². The molecule has 3 aromatic heterocycles. The number of rotatable bonds is 6. The van der Waals surface area contributed by atoms with E-state index in [2.05, 4.69) is 4.98 Å². The summed E-state index contributed by atoms with van der Waals surface area (Å²) >= 11 is 1.19. The molecule has 0 amide bonds. The largest absolute Gasteiger partial charge is 0.506 e. The number of hydrogen-bond acceptors (Lipinski definition) is 7. The van der Waals surface area contributed by atoms with Gasteiger partial charge in [-0.1, -0.05) is 12.1 Å². The standard InChI is InChI=1S/C25H20FN3O4S/c1-32-15-5-7-17(19(8-15)13-2-3-13)23-28-24-20(25(31)29(23)11-16-10-27-12-33-16)18-6-4-14(9-26)21(30)22(18)34-24/h4-8,10,12-13,30H,2-3,9,11H2,1H3. The molecule has 0 spiro atoms. The molecular formula is C25H20FN3O4S. The number of halogens is 1. The van der Waals surface area contributed by atoms with Crippen molar-refractivity contribution >= 4 is 31.6 Å². The minimum absolute atomic E-state index is 0.145. The molecule has 172 valence electrons. The van der Waals surface area contributed by atoms with Gasteiger partial charge in [-0.05, 0) is 42.5 Å². The Kier molecular flexibility index (Phi) is 4.88. The Morgan fingerprint density at radius 1 is 1.29 bits per heavy atom. The van der Waals surface area contributed by atoms with Gasteiger partial charge in [0.2, 0.25) is 0 Å². The fourth-order valence-corrected chi connectivity index (χ4v) is 5.52. The van der Waals surface area contributed by atoms with Crippen LogP contribution in [0, 0.1) is 0 Å². The molecule has 1 fully saturated rings. The number of benzene rings is 2. The molecule has 0 atom stereocenters. The van der Waals surface area contributed by atoms with Gasteiger partial charge in [0.15, 0.2) is 6.39 Å². The molecule has 1 aliphatic carbocycles. The summed E-state index contributed by atoms with van der Waals surface area (Å²) in [6.07, 6.45) is 5.03. The third kappa shape index (κ3) is 3.27. The molecule has 1 saturated carbocycles. The number of alkyl halides is 1. The Bertz CT molecular complexity index is 1600. The van der Waals surface area contributed by atoms with Gasteiger partial charge >= 0.3 is 0 Å². The average molecular weight is 478 g/mol. The van der Waals surface area contributed by atoms with E-state index in [0.29, 0.717) is 37.8 Å². The Labute approximate surface area is 197 Å². The number of ether oxygens (including phenoxy) is 1. The van der Waals surface area contributed by atoms with Gasteiger partial charge in [-0.2, -0.15) is 0 Å². The van der Waals surface area contributed by atoms with Crippen molar-refractivity contribution < 1.29 is 18.7 Å². The lowest BCUT2D eigenvalue weighted by atomic mass is 10.0. The highest BCUT2D eigenvalue weighted by molar-refractivity contribution is 7.25. The van der Waals surface area contributed by atoms with E-state index in [4.69, 9.17) is 14.1 Å². The highest BCUT2D eigenvalue weighted by Crippen LogP contribution is 2.46. The number of fused-ring (bicyclic) bond motifs is 3. The predicted octanol–water partition coefficient (Wildman–Crippen LogP) is 5.38. The summed E-state index contributed by atoms with van der Waals surface area (Å²) in [5.41, 5.74) is 1.87. The van der Waals surface area contributed by atoms with Crippen molar-refractivity contribution in [3.05, 3.63) is 70.2 Å². The van der Waals surface area contributed by atoms with Crippen LogP contribution in [-0.4, -0.2) is 26.8 Å². The van der Waals surface area contributed by atoms with Crippen molar-refractivity contribution in [2.45, 2.75) is 32.0 Å². The Morgan fingerprint density at radius 3 is 2.85 bits per heavy atom. The minimum Gasteiger partial charge on any atom is -0.506 e. The van der Waals surface area contributed by atoms with Crippen LogP contribution in [0.15, 0.2) is 52.1 Å². The number of hydrogen-bond donors (Lipinski definition) is 1. The van der Waals surface area contributed by atoms with Crippen LogP contribution in [0.25, 0.3) is 31.7 Å². The maximum Gasteiger partial charge on any atom is 0.263 e. The van der Waals surface area contributed by atoms with Crippen LogP contribution in [0.3, 0.4) is 0 Å². The van der Waals surface area contributed by atoms with E-state index < -0.39 is 6.67 Å². The summed E-state index contributed by atoms with van der Waals surface area (Å²) in [6, 6.07) is 8.98.